The van der Waals surface area contributed by atoms with Crippen LogP contribution in [0.1, 0.15) is 23.7 Å². The molecule has 2 heterocycles. The lowest BCUT2D eigenvalue weighted by Gasteiger charge is -2.17. The second kappa shape index (κ2) is 7.27. The Hall–Kier alpha value is -3.87. The first-order valence-corrected chi connectivity index (χ1v) is 8.93. The maximum absolute atomic E-state index is 12.8. The highest BCUT2D eigenvalue weighted by Gasteiger charge is 2.29. The fourth-order valence-corrected chi connectivity index (χ4v) is 3.40. The van der Waals surface area contributed by atoms with Crippen molar-refractivity contribution >= 4 is 27.8 Å². The molecule has 0 fully saturated rings. The zero-order valence-corrected chi connectivity index (χ0v) is 15.5. The predicted octanol–water partition coefficient (Wildman–Crippen LogP) is 3.04. The molecule has 2 aromatic carbocycles. The van der Waals surface area contributed by atoms with E-state index >= 15 is 0 Å². The van der Waals surface area contributed by atoms with Crippen LogP contribution in [0.5, 0.6) is 5.75 Å². The molecule has 29 heavy (non-hydrogen) atoms. The first-order chi connectivity index (χ1) is 14.0. The highest BCUT2D eigenvalue weighted by molar-refractivity contribution is 5.81. The van der Waals surface area contributed by atoms with E-state index in [9.17, 15) is 19.5 Å². The summed E-state index contributed by atoms with van der Waals surface area (Å²) >= 11 is 0. The molecule has 146 valence electrons. The lowest BCUT2D eigenvalue weighted by atomic mass is 9.92. The van der Waals surface area contributed by atoms with E-state index in [-0.39, 0.29) is 28.7 Å². The highest BCUT2D eigenvalue weighted by Crippen LogP contribution is 2.34. The van der Waals surface area contributed by atoms with Gasteiger partial charge in [-0.1, -0.05) is 30.3 Å². The first-order valence-electron chi connectivity index (χ1n) is 8.93. The molecule has 0 aliphatic carbocycles. The molecule has 2 N–H and O–H groups in total. The minimum Gasteiger partial charge on any atom is -0.502 e. The normalized spacial score (nSPS) is 12.2. The molecule has 7 heteroatoms. The maximum Gasteiger partial charge on any atom is 0.306 e. The first kappa shape index (κ1) is 18.5. The Labute approximate surface area is 164 Å². The van der Waals surface area contributed by atoms with Gasteiger partial charge < -0.3 is 19.2 Å². The van der Waals surface area contributed by atoms with E-state index in [0.29, 0.717) is 5.52 Å². The standard InChI is InChI=1S/C22H17NO6/c1-28-18(24)11-14(15-10-12-6-2-4-8-16(12)23-22(15)27)21-20(26)19(25)13-7-3-5-9-17(13)29-21/h2-10,14,26H,11H2,1H3,(H,23,27). The van der Waals surface area contributed by atoms with Crippen molar-refractivity contribution < 1.29 is 19.1 Å². The quantitative estimate of drug-likeness (QED) is 0.518. The van der Waals surface area contributed by atoms with Gasteiger partial charge in [0.05, 0.1) is 24.8 Å². The summed E-state index contributed by atoms with van der Waals surface area (Å²) in [5, 5.41) is 11.5. The van der Waals surface area contributed by atoms with E-state index in [0.717, 1.165) is 5.39 Å². The molecular formula is C22H17NO6. The number of H-pyrrole nitrogens is 1. The number of carbonyl (C=O) groups is 1. The number of nitrogens with one attached hydrogen (secondary N) is 1. The van der Waals surface area contributed by atoms with Crippen LogP contribution in [0.4, 0.5) is 0 Å². The molecule has 0 saturated carbocycles. The minimum atomic E-state index is -1.01. The number of hydrogen-bond donors (Lipinski definition) is 2. The molecule has 0 radical (unpaired) electrons. The second-order valence-corrected chi connectivity index (χ2v) is 6.61. The molecule has 0 aliphatic rings. The number of carbonyl (C=O) groups excluding carboxylic acids is 1. The van der Waals surface area contributed by atoms with E-state index in [1.807, 2.05) is 6.07 Å². The van der Waals surface area contributed by atoms with E-state index in [1.165, 1.54) is 13.2 Å². The molecule has 0 aliphatic heterocycles. The molecule has 7 nitrogen and oxygen atoms in total. The van der Waals surface area contributed by atoms with Crippen LogP contribution in [-0.2, 0) is 9.53 Å². The molecule has 0 amide bonds. The van der Waals surface area contributed by atoms with Gasteiger partial charge in [0.2, 0.25) is 11.2 Å². The third-order valence-corrected chi connectivity index (χ3v) is 4.87. The Morgan fingerprint density at radius 2 is 1.86 bits per heavy atom. The summed E-state index contributed by atoms with van der Waals surface area (Å²) in [5.74, 6) is -2.41. The maximum atomic E-state index is 12.8. The van der Waals surface area contributed by atoms with Crippen molar-refractivity contribution in [1.29, 1.82) is 0 Å². The summed E-state index contributed by atoms with van der Waals surface area (Å²) in [6.45, 7) is 0. The van der Waals surface area contributed by atoms with Crippen LogP contribution in [0.25, 0.3) is 21.9 Å². The predicted molar refractivity (Wildman–Crippen MR) is 107 cm³/mol. The van der Waals surface area contributed by atoms with Crippen molar-refractivity contribution in [2.45, 2.75) is 12.3 Å². The van der Waals surface area contributed by atoms with Crippen LogP contribution in [0.3, 0.4) is 0 Å². The number of aromatic nitrogens is 1. The number of fused-ring (bicyclic) bond motifs is 2. The lowest BCUT2D eigenvalue weighted by Crippen LogP contribution is -2.21. The lowest BCUT2D eigenvalue weighted by molar-refractivity contribution is -0.140. The van der Waals surface area contributed by atoms with Crippen LogP contribution in [-0.4, -0.2) is 23.2 Å². The van der Waals surface area contributed by atoms with Gasteiger partial charge in [0.25, 0.3) is 5.56 Å². The summed E-state index contributed by atoms with van der Waals surface area (Å²) in [5.41, 5.74) is -0.0239. The van der Waals surface area contributed by atoms with Gasteiger partial charge in [-0.25, -0.2) is 0 Å². The zero-order chi connectivity index (χ0) is 20.5. The Morgan fingerprint density at radius 1 is 1.14 bits per heavy atom. The van der Waals surface area contributed by atoms with Crippen LogP contribution < -0.4 is 11.0 Å². The van der Waals surface area contributed by atoms with Gasteiger partial charge in [0, 0.05) is 11.1 Å². The number of ether oxygens (including phenoxy) is 1. The van der Waals surface area contributed by atoms with Gasteiger partial charge in [-0.2, -0.15) is 0 Å². The summed E-state index contributed by atoms with van der Waals surface area (Å²) in [4.78, 5) is 40.2. The van der Waals surface area contributed by atoms with E-state index in [1.54, 1.807) is 42.5 Å². The second-order valence-electron chi connectivity index (χ2n) is 6.61. The summed E-state index contributed by atoms with van der Waals surface area (Å²) in [7, 11) is 1.22. The van der Waals surface area contributed by atoms with Crippen LogP contribution >= 0.6 is 0 Å². The highest BCUT2D eigenvalue weighted by atomic mass is 16.5. The number of benzene rings is 2. The third kappa shape index (κ3) is 3.27. The van der Waals surface area contributed by atoms with Gasteiger partial charge in [-0.3, -0.25) is 14.4 Å². The molecule has 4 aromatic rings. The molecule has 1 atom stereocenters. The number of methoxy groups -OCH3 is 1. The number of aromatic amines is 1. The van der Waals surface area contributed by atoms with E-state index in [4.69, 9.17) is 9.15 Å². The van der Waals surface area contributed by atoms with Crippen molar-refractivity contribution in [2.24, 2.45) is 0 Å². The molecule has 4 rings (SSSR count). The van der Waals surface area contributed by atoms with Crippen LogP contribution in [0.15, 0.2) is 68.6 Å². The van der Waals surface area contributed by atoms with Crippen LogP contribution in [0, 0.1) is 0 Å². The molecule has 0 bridgehead atoms. The van der Waals surface area contributed by atoms with Crippen molar-refractivity contribution in [3.8, 4) is 5.75 Å². The summed E-state index contributed by atoms with van der Waals surface area (Å²) in [6.07, 6.45) is -0.285. The monoisotopic (exact) mass is 391 g/mol. The summed E-state index contributed by atoms with van der Waals surface area (Å²) in [6, 6.07) is 15.2. The fraction of sp³-hybridized carbons (Fsp3) is 0.136. The molecule has 0 spiro atoms. The molecule has 2 aromatic heterocycles. The fourth-order valence-electron chi connectivity index (χ4n) is 3.40. The smallest absolute Gasteiger partial charge is 0.306 e. The Kier molecular flexibility index (Phi) is 4.64. The van der Waals surface area contributed by atoms with Gasteiger partial charge >= 0.3 is 5.97 Å². The van der Waals surface area contributed by atoms with Crippen LogP contribution in [0.2, 0.25) is 0 Å². The summed E-state index contributed by atoms with van der Waals surface area (Å²) < 4.78 is 10.5. The van der Waals surface area contributed by atoms with E-state index < -0.39 is 28.6 Å². The SMILES string of the molecule is COC(=O)CC(c1oc2ccccc2c(=O)c1O)c1cc2ccccc2[nH]c1=O. The van der Waals surface area contributed by atoms with Crippen molar-refractivity contribution in [3.05, 3.63) is 86.5 Å². The Bertz CT molecular complexity index is 1350. The third-order valence-electron chi connectivity index (χ3n) is 4.87. The topological polar surface area (TPSA) is 110 Å². The Morgan fingerprint density at radius 3 is 2.66 bits per heavy atom. The Balaban J connectivity index is 1.99. The number of esters is 1. The molecule has 1 unspecified atom stereocenters. The van der Waals surface area contributed by atoms with Crippen molar-refractivity contribution in [2.75, 3.05) is 7.11 Å². The average Bonchev–Trinajstić information content (AvgIpc) is 2.74. The van der Waals surface area contributed by atoms with Crippen molar-refractivity contribution in [3.63, 3.8) is 0 Å². The average molecular weight is 391 g/mol. The number of hydrogen-bond acceptors (Lipinski definition) is 6. The van der Waals surface area contributed by atoms with Gasteiger partial charge in [-0.05, 0) is 29.7 Å². The van der Waals surface area contributed by atoms with Gasteiger partial charge in [-0.15, -0.1) is 0 Å². The number of pyridine rings is 1. The number of rotatable bonds is 4. The van der Waals surface area contributed by atoms with Gasteiger partial charge in [0.15, 0.2) is 5.76 Å². The van der Waals surface area contributed by atoms with E-state index in [2.05, 4.69) is 4.98 Å². The zero-order valence-electron chi connectivity index (χ0n) is 15.5. The molecule has 0 saturated heterocycles. The minimum absolute atomic E-state index is 0.153. The molecular weight excluding hydrogens is 374 g/mol. The van der Waals surface area contributed by atoms with Gasteiger partial charge in [0.1, 0.15) is 5.58 Å². The van der Waals surface area contributed by atoms with Crippen molar-refractivity contribution in [1.82, 2.24) is 4.98 Å². The largest absolute Gasteiger partial charge is 0.502 e. The number of para-hydroxylation sites is 2. The number of aromatic hydroxyl groups is 1.